The highest BCUT2D eigenvalue weighted by molar-refractivity contribution is 9.10. The average molecular weight is 297 g/mol. The molecule has 1 aromatic rings. The van der Waals surface area contributed by atoms with E-state index in [0.29, 0.717) is 5.41 Å². The number of hydrogen-bond donors (Lipinski definition) is 0. The molecule has 1 rings (SSSR count). The van der Waals surface area contributed by atoms with E-state index in [1.54, 1.807) is 0 Å². The highest BCUT2D eigenvalue weighted by Gasteiger charge is 2.23. The second kappa shape index (κ2) is 7.20. The number of benzene rings is 1. The minimum atomic E-state index is 0.345. The fourth-order valence-electron chi connectivity index (χ4n) is 2.33. The van der Waals surface area contributed by atoms with Gasteiger partial charge in [0.1, 0.15) is 0 Å². The van der Waals surface area contributed by atoms with Gasteiger partial charge >= 0.3 is 0 Å². The Morgan fingerprint density at radius 3 is 2.47 bits per heavy atom. The molecule has 96 valence electrons. The lowest BCUT2D eigenvalue weighted by molar-refractivity contribution is 0.396. The molecule has 0 N–H and O–H groups in total. The summed E-state index contributed by atoms with van der Waals surface area (Å²) < 4.78 is 1.20. The molecule has 17 heavy (non-hydrogen) atoms. The third kappa shape index (κ3) is 4.46. The fraction of sp³-hybridized carbons (Fsp3) is 0.625. The zero-order chi connectivity index (χ0) is 12.7. The molecular formula is C16H25Br. The lowest BCUT2D eigenvalue weighted by Crippen LogP contribution is -2.20. The SMILES string of the molecule is CCCCCCC(C)(CC)c1cccc(Br)c1. The summed E-state index contributed by atoms with van der Waals surface area (Å²) in [5.74, 6) is 0. The van der Waals surface area contributed by atoms with Crippen molar-refractivity contribution in [2.24, 2.45) is 0 Å². The summed E-state index contributed by atoms with van der Waals surface area (Å²) in [5, 5.41) is 0. The Morgan fingerprint density at radius 2 is 1.88 bits per heavy atom. The first-order valence-electron chi connectivity index (χ1n) is 6.88. The van der Waals surface area contributed by atoms with Gasteiger partial charge in [0.05, 0.1) is 0 Å². The topological polar surface area (TPSA) is 0 Å². The van der Waals surface area contributed by atoms with Crippen molar-refractivity contribution in [2.45, 2.75) is 64.7 Å². The van der Waals surface area contributed by atoms with E-state index in [2.05, 4.69) is 61.0 Å². The summed E-state index contributed by atoms with van der Waals surface area (Å²) in [4.78, 5) is 0. The molecular weight excluding hydrogens is 272 g/mol. The predicted molar refractivity (Wildman–Crippen MR) is 80.5 cm³/mol. The van der Waals surface area contributed by atoms with Crippen LogP contribution in [0.5, 0.6) is 0 Å². The number of unbranched alkanes of at least 4 members (excludes halogenated alkanes) is 3. The first-order valence-corrected chi connectivity index (χ1v) is 7.67. The van der Waals surface area contributed by atoms with Gasteiger partial charge in [-0.2, -0.15) is 0 Å². The van der Waals surface area contributed by atoms with E-state index in [1.807, 2.05) is 0 Å². The molecule has 0 radical (unpaired) electrons. The quantitative estimate of drug-likeness (QED) is 0.534. The van der Waals surface area contributed by atoms with Crippen LogP contribution in [-0.4, -0.2) is 0 Å². The highest BCUT2D eigenvalue weighted by Crippen LogP contribution is 2.34. The molecule has 1 unspecified atom stereocenters. The van der Waals surface area contributed by atoms with E-state index < -0.39 is 0 Å². The molecule has 0 fully saturated rings. The maximum atomic E-state index is 3.58. The number of halogens is 1. The van der Waals surface area contributed by atoms with Crippen LogP contribution in [0.4, 0.5) is 0 Å². The van der Waals surface area contributed by atoms with Crippen LogP contribution >= 0.6 is 15.9 Å². The Bertz CT molecular complexity index is 332. The van der Waals surface area contributed by atoms with Crippen molar-refractivity contribution < 1.29 is 0 Å². The van der Waals surface area contributed by atoms with Gasteiger partial charge in [0, 0.05) is 4.47 Å². The van der Waals surface area contributed by atoms with E-state index in [9.17, 15) is 0 Å². The van der Waals surface area contributed by atoms with E-state index >= 15 is 0 Å². The summed E-state index contributed by atoms with van der Waals surface area (Å²) >= 11 is 3.58. The highest BCUT2D eigenvalue weighted by atomic mass is 79.9. The van der Waals surface area contributed by atoms with Gasteiger partial charge in [-0.1, -0.05) is 74.5 Å². The summed E-state index contributed by atoms with van der Waals surface area (Å²) in [7, 11) is 0. The van der Waals surface area contributed by atoms with Crippen LogP contribution in [0.3, 0.4) is 0 Å². The second-order valence-corrected chi connectivity index (χ2v) is 6.15. The lowest BCUT2D eigenvalue weighted by atomic mass is 9.76. The Morgan fingerprint density at radius 1 is 1.12 bits per heavy atom. The molecule has 1 atom stereocenters. The molecule has 1 heteroatoms. The molecule has 0 aliphatic carbocycles. The molecule has 0 aromatic heterocycles. The first kappa shape index (κ1) is 14.8. The van der Waals surface area contributed by atoms with Crippen molar-refractivity contribution in [1.82, 2.24) is 0 Å². The van der Waals surface area contributed by atoms with Crippen molar-refractivity contribution in [2.75, 3.05) is 0 Å². The smallest absolute Gasteiger partial charge is 0.0178 e. The first-order chi connectivity index (χ1) is 8.12. The molecule has 0 bridgehead atoms. The van der Waals surface area contributed by atoms with Crippen molar-refractivity contribution in [3.63, 3.8) is 0 Å². The Balaban J connectivity index is 2.67. The Kier molecular flexibility index (Phi) is 6.26. The Hall–Kier alpha value is -0.300. The molecule has 0 aliphatic rings. The lowest BCUT2D eigenvalue weighted by Gasteiger charge is -2.29. The zero-order valence-corrected chi connectivity index (χ0v) is 13.0. The van der Waals surface area contributed by atoms with Gasteiger partial charge in [-0.05, 0) is 36.0 Å². The van der Waals surface area contributed by atoms with Crippen LogP contribution in [0.1, 0.15) is 64.9 Å². The molecule has 0 nitrogen and oxygen atoms in total. The van der Waals surface area contributed by atoms with Gasteiger partial charge in [-0.3, -0.25) is 0 Å². The molecule has 0 saturated carbocycles. The summed E-state index contributed by atoms with van der Waals surface area (Å²) in [6.45, 7) is 6.98. The van der Waals surface area contributed by atoms with Crippen LogP contribution in [0.2, 0.25) is 0 Å². The van der Waals surface area contributed by atoms with E-state index in [1.165, 1.54) is 48.6 Å². The fourth-order valence-corrected chi connectivity index (χ4v) is 2.73. The maximum absolute atomic E-state index is 3.58. The van der Waals surface area contributed by atoms with E-state index in [0.717, 1.165) is 0 Å². The summed E-state index contributed by atoms with van der Waals surface area (Å²) in [6.07, 6.45) is 7.94. The van der Waals surface area contributed by atoms with Gasteiger partial charge < -0.3 is 0 Å². The van der Waals surface area contributed by atoms with Gasteiger partial charge in [0.15, 0.2) is 0 Å². The molecule has 0 heterocycles. The number of rotatable bonds is 7. The molecule has 1 aromatic carbocycles. The summed E-state index contributed by atoms with van der Waals surface area (Å²) in [5.41, 5.74) is 1.82. The third-order valence-electron chi connectivity index (χ3n) is 3.88. The minimum Gasteiger partial charge on any atom is -0.0654 e. The van der Waals surface area contributed by atoms with Crippen LogP contribution in [-0.2, 0) is 5.41 Å². The average Bonchev–Trinajstić information content (AvgIpc) is 2.34. The predicted octanol–water partition coefficient (Wildman–Crippen LogP) is 6.09. The molecule has 0 spiro atoms. The van der Waals surface area contributed by atoms with Gasteiger partial charge in [-0.25, -0.2) is 0 Å². The van der Waals surface area contributed by atoms with E-state index in [-0.39, 0.29) is 0 Å². The summed E-state index contributed by atoms with van der Waals surface area (Å²) in [6, 6.07) is 8.81. The van der Waals surface area contributed by atoms with Gasteiger partial charge in [-0.15, -0.1) is 0 Å². The van der Waals surface area contributed by atoms with Crippen molar-refractivity contribution in [1.29, 1.82) is 0 Å². The monoisotopic (exact) mass is 296 g/mol. The van der Waals surface area contributed by atoms with Crippen molar-refractivity contribution in [3.05, 3.63) is 34.3 Å². The van der Waals surface area contributed by atoms with Crippen LogP contribution in [0, 0.1) is 0 Å². The van der Waals surface area contributed by atoms with Gasteiger partial charge in [0.25, 0.3) is 0 Å². The maximum Gasteiger partial charge on any atom is 0.0178 e. The van der Waals surface area contributed by atoms with Crippen molar-refractivity contribution >= 4 is 15.9 Å². The molecule has 0 saturated heterocycles. The largest absolute Gasteiger partial charge is 0.0654 e. The zero-order valence-electron chi connectivity index (χ0n) is 11.4. The van der Waals surface area contributed by atoms with E-state index in [4.69, 9.17) is 0 Å². The van der Waals surface area contributed by atoms with Crippen LogP contribution < -0.4 is 0 Å². The molecule has 0 amide bonds. The third-order valence-corrected chi connectivity index (χ3v) is 4.38. The molecule has 0 aliphatic heterocycles. The normalized spacial score (nSPS) is 14.6. The Labute approximate surface area is 115 Å². The number of hydrogen-bond acceptors (Lipinski definition) is 0. The standard InChI is InChI=1S/C16H25Br/c1-4-6-7-8-12-16(3,5-2)14-10-9-11-15(17)13-14/h9-11,13H,4-8,12H2,1-3H3. The van der Waals surface area contributed by atoms with Crippen molar-refractivity contribution in [3.8, 4) is 0 Å². The second-order valence-electron chi connectivity index (χ2n) is 5.24. The van der Waals surface area contributed by atoms with Gasteiger partial charge in [0.2, 0.25) is 0 Å². The minimum absolute atomic E-state index is 0.345. The van der Waals surface area contributed by atoms with Crippen LogP contribution in [0.15, 0.2) is 28.7 Å². The van der Waals surface area contributed by atoms with Crippen LogP contribution in [0.25, 0.3) is 0 Å².